The van der Waals surface area contributed by atoms with Gasteiger partial charge in [0.05, 0.1) is 11.4 Å². The topological polar surface area (TPSA) is 38.7 Å². The number of nitrogens with zero attached hydrogens (tertiary/aromatic N) is 3. The molecule has 3 heteroatoms. The van der Waals surface area contributed by atoms with Crippen LogP contribution in [0.3, 0.4) is 0 Å². The number of pyridine rings is 1. The summed E-state index contributed by atoms with van der Waals surface area (Å²) in [5.41, 5.74) is 9.36. The zero-order chi connectivity index (χ0) is 33.0. The van der Waals surface area contributed by atoms with Crippen molar-refractivity contribution in [3.05, 3.63) is 176 Å². The minimum atomic E-state index is 0.703. The fourth-order valence-electron chi connectivity index (χ4n) is 7.56. The van der Waals surface area contributed by atoms with E-state index in [0.717, 1.165) is 44.6 Å². The molecular formula is C47H29N3. The molecule has 0 saturated heterocycles. The molecule has 10 aromatic rings. The summed E-state index contributed by atoms with van der Waals surface area (Å²) in [4.78, 5) is 15.1. The Morgan fingerprint density at radius 3 is 1.82 bits per heavy atom. The Morgan fingerprint density at radius 2 is 0.980 bits per heavy atom. The standard InChI is InChI=1S/C47H29N3/c1-2-13-37-30(8-1)9-6-16-38(37)31-17-19-32(20-18-31)43-28-44(40-15-4-3-14-39(40)36-12-7-27-48-29-36)50-47(49-43)42-26-24-35-22-21-33-10-5-11-34-23-25-41(42)46(35)45(33)34/h1-29H. The van der Waals surface area contributed by atoms with E-state index in [0.29, 0.717) is 5.82 Å². The van der Waals surface area contributed by atoms with E-state index in [9.17, 15) is 0 Å². The van der Waals surface area contributed by atoms with Gasteiger partial charge in [-0.15, -0.1) is 0 Å². The lowest BCUT2D eigenvalue weighted by molar-refractivity contribution is 1.19. The van der Waals surface area contributed by atoms with Gasteiger partial charge in [0.1, 0.15) is 0 Å². The van der Waals surface area contributed by atoms with Gasteiger partial charge in [-0.3, -0.25) is 4.98 Å². The highest BCUT2D eigenvalue weighted by atomic mass is 14.9. The first kappa shape index (κ1) is 28.3. The van der Waals surface area contributed by atoms with Crippen molar-refractivity contribution < 1.29 is 0 Å². The molecule has 0 atom stereocenters. The van der Waals surface area contributed by atoms with Gasteiger partial charge in [0.15, 0.2) is 5.82 Å². The predicted molar refractivity (Wildman–Crippen MR) is 208 cm³/mol. The lowest BCUT2D eigenvalue weighted by Gasteiger charge is -2.16. The summed E-state index contributed by atoms with van der Waals surface area (Å²) >= 11 is 0. The Labute approximate surface area is 289 Å². The van der Waals surface area contributed by atoms with Gasteiger partial charge in [0.25, 0.3) is 0 Å². The third kappa shape index (κ3) is 4.63. The Morgan fingerprint density at radius 1 is 0.340 bits per heavy atom. The summed E-state index contributed by atoms with van der Waals surface area (Å²) < 4.78 is 0. The van der Waals surface area contributed by atoms with E-state index in [1.807, 2.05) is 18.5 Å². The smallest absolute Gasteiger partial charge is 0.161 e. The number of fused-ring (bicyclic) bond motifs is 1. The van der Waals surface area contributed by atoms with Gasteiger partial charge in [0.2, 0.25) is 0 Å². The molecule has 50 heavy (non-hydrogen) atoms. The van der Waals surface area contributed by atoms with Crippen LogP contribution in [-0.2, 0) is 0 Å². The normalized spacial score (nSPS) is 11.6. The number of rotatable bonds is 5. The van der Waals surface area contributed by atoms with Crippen LogP contribution in [0.5, 0.6) is 0 Å². The summed E-state index contributed by atoms with van der Waals surface area (Å²) in [6, 6.07) is 58.3. The van der Waals surface area contributed by atoms with Crippen molar-refractivity contribution in [1.82, 2.24) is 15.0 Å². The largest absolute Gasteiger partial charge is 0.264 e. The molecule has 2 heterocycles. The molecule has 10 rings (SSSR count). The van der Waals surface area contributed by atoms with Gasteiger partial charge in [-0.1, -0.05) is 146 Å². The highest BCUT2D eigenvalue weighted by Crippen LogP contribution is 2.40. The monoisotopic (exact) mass is 635 g/mol. The molecule has 232 valence electrons. The molecule has 0 bridgehead atoms. The zero-order valence-corrected chi connectivity index (χ0v) is 27.1. The first-order valence-electron chi connectivity index (χ1n) is 16.9. The summed E-state index contributed by atoms with van der Waals surface area (Å²) in [6.07, 6.45) is 3.72. The van der Waals surface area contributed by atoms with Crippen molar-refractivity contribution in [2.45, 2.75) is 0 Å². The first-order chi connectivity index (χ1) is 24.8. The predicted octanol–water partition coefficient (Wildman–Crippen LogP) is 12.3. The second-order valence-corrected chi connectivity index (χ2v) is 12.8. The van der Waals surface area contributed by atoms with E-state index < -0.39 is 0 Å². The molecule has 0 N–H and O–H groups in total. The molecule has 0 fully saturated rings. The van der Waals surface area contributed by atoms with Crippen molar-refractivity contribution in [1.29, 1.82) is 0 Å². The quantitative estimate of drug-likeness (QED) is 0.177. The molecule has 0 amide bonds. The fraction of sp³-hybridized carbons (Fsp3) is 0. The number of hydrogen-bond donors (Lipinski definition) is 0. The molecule has 0 saturated carbocycles. The summed E-state index contributed by atoms with van der Waals surface area (Å²) in [6.45, 7) is 0. The third-order valence-electron chi connectivity index (χ3n) is 9.95. The van der Waals surface area contributed by atoms with Crippen LogP contribution in [0.25, 0.3) is 99.2 Å². The van der Waals surface area contributed by atoms with Crippen LogP contribution in [0, 0.1) is 0 Å². The molecule has 0 unspecified atom stereocenters. The van der Waals surface area contributed by atoms with Gasteiger partial charge in [-0.05, 0) is 78.0 Å². The summed E-state index contributed by atoms with van der Waals surface area (Å²) in [5, 5.41) is 9.87. The van der Waals surface area contributed by atoms with Crippen molar-refractivity contribution in [3.63, 3.8) is 0 Å². The molecule has 0 aliphatic carbocycles. The van der Waals surface area contributed by atoms with Crippen molar-refractivity contribution in [2.24, 2.45) is 0 Å². The second kappa shape index (κ2) is 11.5. The maximum absolute atomic E-state index is 5.34. The van der Waals surface area contributed by atoms with Crippen LogP contribution in [0.2, 0.25) is 0 Å². The number of hydrogen-bond acceptors (Lipinski definition) is 3. The first-order valence-corrected chi connectivity index (χ1v) is 16.9. The molecule has 0 aliphatic rings. The molecule has 8 aromatic carbocycles. The minimum absolute atomic E-state index is 0.703. The van der Waals surface area contributed by atoms with Crippen molar-refractivity contribution >= 4 is 43.1 Å². The van der Waals surface area contributed by atoms with Crippen LogP contribution in [0.1, 0.15) is 0 Å². The van der Waals surface area contributed by atoms with Gasteiger partial charge in [0, 0.05) is 34.6 Å². The van der Waals surface area contributed by atoms with Gasteiger partial charge in [-0.2, -0.15) is 0 Å². The molecule has 3 nitrogen and oxygen atoms in total. The average Bonchev–Trinajstić information content (AvgIpc) is 3.20. The number of aromatic nitrogens is 3. The summed E-state index contributed by atoms with van der Waals surface area (Å²) in [5.74, 6) is 0.703. The Hall–Kier alpha value is -6.71. The maximum Gasteiger partial charge on any atom is 0.161 e. The Balaban J connectivity index is 1.19. The van der Waals surface area contributed by atoms with Crippen molar-refractivity contribution in [3.8, 4) is 56.2 Å². The van der Waals surface area contributed by atoms with E-state index in [4.69, 9.17) is 9.97 Å². The Kier molecular flexibility index (Phi) is 6.49. The molecule has 0 aliphatic heterocycles. The third-order valence-corrected chi connectivity index (χ3v) is 9.95. The van der Waals surface area contributed by atoms with Crippen LogP contribution < -0.4 is 0 Å². The molecular weight excluding hydrogens is 607 g/mol. The lowest BCUT2D eigenvalue weighted by atomic mass is 9.91. The van der Waals surface area contributed by atoms with E-state index in [1.165, 1.54) is 48.8 Å². The highest BCUT2D eigenvalue weighted by molar-refractivity contribution is 6.25. The maximum atomic E-state index is 5.34. The van der Waals surface area contributed by atoms with Crippen LogP contribution in [-0.4, -0.2) is 15.0 Å². The average molecular weight is 636 g/mol. The molecule has 2 aromatic heterocycles. The SMILES string of the molecule is c1cncc(-c2ccccc2-c2cc(-c3ccc(-c4cccc5ccccc45)cc3)nc(-c3ccc4ccc5cccc6ccc3c4c56)n2)c1. The van der Waals surface area contributed by atoms with E-state index >= 15 is 0 Å². The van der Waals surface area contributed by atoms with Gasteiger partial charge in [-0.25, -0.2) is 9.97 Å². The Bertz CT molecular complexity index is 2840. The number of benzene rings is 8. The van der Waals surface area contributed by atoms with Crippen LogP contribution >= 0.6 is 0 Å². The zero-order valence-electron chi connectivity index (χ0n) is 27.1. The second-order valence-electron chi connectivity index (χ2n) is 12.8. The van der Waals surface area contributed by atoms with Crippen LogP contribution in [0.15, 0.2) is 176 Å². The van der Waals surface area contributed by atoms with Gasteiger partial charge < -0.3 is 0 Å². The fourth-order valence-corrected chi connectivity index (χ4v) is 7.56. The highest BCUT2D eigenvalue weighted by Gasteiger charge is 2.18. The van der Waals surface area contributed by atoms with Crippen LogP contribution in [0.4, 0.5) is 0 Å². The van der Waals surface area contributed by atoms with Crippen molar-refractivity contribution in [2.75, 3.05) is 0 Å². The minimum Gasteiger partial charge on any atom is -0.264 e. The van der Waals surface area contributed by atoms with E-state index in [-0.39, 0.29) is 0 Å². The van der Waals surface area contributed by atoms with E-state index in [2.05, 4.69) is 163 Å². The lowest BCUT2D eigenvalue weighted by Crippen LogP contribution is -1.98. The van der Waals surface area contributed by atoms with E-state index in [1.54, 1.807) is 0 Å². The molecule has 0 spiro atoms. The molecule has 0 radical (unpaired) electrons. The summed E-state index contributed by atoms with van der Waals surface area (Å²) in [7, 11) is 0. The van der Waals surface area contributed by atoms with Gasteiger partial charge >= 0.3 is 0 Å².